The van der Waals surface area contributed by atoms with Crippen molar-refractivity contribution in [3.63, 3.8) is 0 Å². The summed E-state index contributed by atoms with van der Waals surface area (Å²) in [6.45, 7) is 11.9. The van der Waals surface area contributed by atoms with Crippen LogP contribution in [0.15, 0.2) is 0 Å². The Morgan fingerprint density at radius 1 is 1.14 bits per heavy atom. The highest BCUT2D eigenvalue weighted by Crippen LogP contribution is 2.13. The molecule has 0 heterocycles. The van der Waals surface area contributed by atoms with Crippen LogP contribution in [-0.2, 0) is 9.47 Å². The second-order valence-electron chi connectivity index (χ2n) is 6.52. The normalized spacial score (nSPS) is 12.9. The van der Waals surface area contributed by atoms with E-state index in [1.165, 1.54) is 0 Å². The van der Waals surface area contributed by atoms with Gasteiger partial charge < -0.3 is 9.47 Å². The van der Waals surface area contributed by atoms with Gasteiger partial charge in [-0.3, -0.25) is 0 Å². The average molecular weight is 299 g/mol. The van der Waals surface area contributed by atoms with Gasteiger partial charge in [0.1, 0.15) is 17.2 Å². The fourth-order valence-corrected chi connectivity index (χ4v) is 1.29. The monoisotopic (exact) mass is 299 g/mol. The van der Waals surface area contributed by atoms with Gasteiger partial charge in [0.05, 0.1) is 6.07 Å². The standard InChI is InChI=1S/C14H25N3O4/c1-8-10(9-15)17(12(19)21-14(5,6)7)16-11(18)20-13(2,3)4/h10H,8H2,1-7H3,(H,16,18). The highest BCUT2D eigenvalue weighted by atomic mass is 16.6. The van der Waals surface area contributed by atoms with E-state index < -0.39 is 29.4 Å². The average Bonchev–Trinajstić information content (AvgIpc) is 2.24. The summed E-state index contributed by atoms with van der Waals surface area (Å²) in [6.07, 6.45) is -1.28. The van der Waals surface area contributed by atoms with E-state index in [-0.39, 0.29) is 0 Å². The van der Waals surface area contributed by atoms with Crippen LogP contribution < -0.4 is 5.43 Å². The Morgan fingerprint density at radius 3 is 1.95 bits per heavy atom. The predicted molar refractivity (Wildman–Crippen MR) is 77.1 cm³/mol. The largest absolute Gasteiger partial charge is 0.443 e. The molecular formula is C14H25N3O4. The van der Waals surface area contributed by atoms with Gasteiger partial charge in [-0.1, -0.05) is 6.92 Å². The van der Waals surface area contributed by atoms with Gasteiger partial charge in [-0.05, 0) is 48.0 Å². The summed E-state index contributed by atoms with van der Waals surface area (Å²) in [5.74, 6) is 0. The number of amides is 2. The number of nitriles is 1. The fraction of sp³-hybridized carbons (Fsp3) is 0.786. The number of nitrogens with zero attached hydrogens (tertiary/aromatic N) is 2. The summed E-state index contributed by atoms with van der Waals surface area (Å²) in [4.78, 5) is 23.9. The van der Waals surface area contributed by atoms with Crippen molar-refractivity contribution < 1.29 is 19.1 Å². The Morgan fingerprint density at radius 2 is 1.62 bits per heavy atom. The number of carbonyl (C=O) groups excluding carboxylic acids is 2. The second-order valence-corrected chi connectivity index (χ2v) is 6.52. The molecule has 0 saturated carbocycles. The molecule has 0 aromatic carbocycles. The van der Waals surface area contributed by atoms with E-state index in [0.29, 0.717) is 6.42 Å². The third kappa shape index (κ3) is 8.02. The molecule has 1 unspecified atom stereocenters. The molecule has 0 radical (unpaired) electrons. The van der Waals surface area contributed by atoms with Crippen molar-refractivity contribution in [2.24, 2.45) is 0 Å². The first-order valence-corrected chi connectivity index (χ1v) is 6.81. The summed E-state index contributed by atoms with van der Waals surface area (Å²) >= 11 is 0. The Labute approximate surface area is 126 Å². The number of hydrogen-bond donors (Lipinski definition) is 1. The van der Waals surface area contributed by atoms with Crippen LogP contribution in [0.4, 0.5) is 9.59 Å². The molecule has 0 rings (SSSR count). The molecule has 1 atom stereocenters. The first kappa shape index (κ1) is 19.0. The lowest BCUT2D eigenvalue weighted by Crippen LogP contribution is -2.53. The molecule has 0 spiro atoms. The van der Waals surface area contributed by atoms with Gasteiger partial charge in [-0.15, -0.1) is 0 Å². The minimum Gasteiger partial charge on any atom is -0.443 e. The number of hydrazine groups is 1. The van der Waals surface area contributed by atoms with Crippen LogP contribution in [0.5, 0.6) is 0 Å². The Balaban J connectivity index is 5.04. The van der Waals surface area contributed by atoms with Crippen LogP contribution in [0, 0.1) is 11.3 Å². The quantitative estimate of drug-likeness (QED) is 0.791. The summed E-state index contributed by atoms with van der Waals surface area (Å²) in [7, 11) is 0. The minimum absolute atomic E-state index is 0.339. The van der Waals surface area contributed by atoms with Crippen LogP contribution in [0.1, 0.15) is 54.9 Å². The summed E-state index contributed by atoms with van der Waals surface area (Å²) in [6, 6.07) is 1.10. The number of carbonyl (C=O) groups is 2. The molecule has 0 aliphatic carbocycles. The molecule has 0 fully saturated rings. The third-order valence-electron chi connectivity index (χ3n) is 2.05. The van der Waals surface area contributed by atoms with Gasteiger partial charge in [0.15, 0.2) is 0 Å². The summed E-state index contributed by atoms with van der Waals surface area (Å²) in [5.41, 5.74) is 0.825. The van der Waals surface area contributed by atoms with Crippen LogP contribution in [0.25, 0.3) is 0 Å². The molecule has 21 heavy (non-hydrogen) atoms. The van der Waals surface area contributed by atoms with E-state index in [0.717, 1.165) is 5.01 Å². The Bertz CT molecular complexity index is 415. The SMILES string of the molecule is CCC(C#N)N(NC(=O)OC(C)(C)C)C(=O)OC(C)(C)C. The van der Waals surface area contributed by atoms with Crippen LogP contribution >= 0.6 is 0 Å². The van der Waals surface area contributed by atoms with Crippen molar-refractivity contribution in [2.75, 3.05) is 0 Å². The van der Waals surface area contributed by atoms with E-state index in [4.69, 9.17) is 14.7 Å². The maximum absolute atomic E-state index is 12.1. The van der Waals surface area contributed by atoms with E-state index in [9.17, 15) is 9.59 Å². The number of ether oxygens (including phenoxy) is 2. The molecule has 7 nitrogen and oxygen atoms in total. The zero-order valence-electron chi connectivity index (χ0n) is 13.8. The molecule has 0 bridgehead atoms. The molecule has 120 valence electrons. The van der Waals surface area contributed by atoms with E-state index in [1.807, 2.05) is 6.07 Å². The zero-order valence-corrected chi connectivity index (χ0v) is 13.8. The molecule has 0 aromatic rings. The van der Waals surface area contributed by atoms with Crippen molar-refractivity contribution in [1.29, 1.82) is 5.26 Å². The smallest absolute Gasteiger partial charge is 0.430 e. The maximum atomic E-state index is 12.1. The van der Waals surface area contributed by atoms with Crippen molar-refractivity contribution in [2.45, 2.75) is 72.1 Å². The Kier molecular flexibility index (Phi) is 6.49. The zero-order chi connectivity index (χ0) is 16.8. The summed E-state index contributed by atoms with van der Waals surface area (Å²) < 4.78 is 10.3. The third-order valence-corrected chi connectivity index (χ3v) is 2.05. The van der Waals surface area contributed by atoms with Gasteiger partial charge in [-0.2, -0.15) is 10.3 Å². The van der Waals surface area contributed by atoms with E-state index >= 15 is 0 Å². The van der Waals surface area contributed by atoms with E-state index in [1.54, 1.807) is 48.5 Å². The fourth-order valence-electron chi connectivity index (χ4n) is 1.29. The van der Waals surface area contributed by atoms with Crippen molar-refractivity contribution in [3.05, 3.63) is 0 Å². The molecule has 7 heteroatoms. The molecule has 0 aromatic heterocycles. The molecule has 0 aliphatic heterocycles. The highest BCUT2D eigenvalue weighted by Gasteiger charge is 2.30. The van der Waals surface area contributed by atoms with Gasteiger partial charge in [0.25, 0.3) is 0 Å². The van der Waals surface area contributed by atoms with Crippen LogP contribution in [-0.4, -0.2) is 34.4 Å². The van der Waals surface area contributed by atoms with Gasteiger partial charge in [-0.25, -0.2) is 15.0 Å². The van der Waals surface area contributed by atoms with Crippen molar-refractivity contribution >= 4 is 12.2 Å². The molecular weight excluding hydrogens is 274 g/mol. The number of nitrogens with one attached hydrogen (secondary N) is 1. The molecule has 0 saturated heterocycles. The summed E-state index contributed by atoms with van der Waals surface area (Å²) in [5, 5.41) is 9.96. The van der Waals surface area contributed by atoms with Gasteiger partial charge in [0.2, 0.25) is 0 Å². The first-order chi connectivity index (χ1) is 9.39. The van der Waals surface area contributed by atoms with Crippen molar-refractivity contribution in [3.8, 4) is 6.07 Å². The van der Waals surface area contributed by atoms with Crippen LogP contribution in [0.2, 0.25) is 0 Å². The van der Waals surface area contributed by atoms with E-state index in [2.05, 4.69) is 5.43 Å². The van der Waals surface area contributed by atoms with Gasteiger partial charge in [0, 0.05) is 0 Å². The lowest BCUT2D eigenvalue weighted by atomic mass is 10.2. The maximum Gasteiger partial charge on any atom is 0.430 e. The number of hydrogen-bond acceptors (Lipinski definition) is 5. The lowest BCUT2D eigenvalue weighted by molar-refractivity contribution is -0.00454. The number of rotatable bonds is 2. The predicted octanol–water partition coefficient (Wildman–Crippen LogP) is 2.97. The van der Waals surface area contributed by atoms with Crippen LogP contribution in [0.3, 0.4) is 0 Å². The first-order valence-electron chi connectivity index (χ1n) is 6.81. The molecule has 0 aliphatic rings. The molecule has 2 amide bonds. The van der Waals surface area contributed by atoms with Crippen molar-refractivity contribution in [1.82, 2.24) is 10.4 Å². The van der Waals surface area contributed by atoms with Gasteiger partial charge >= 0.3 is 12.2 Å². The second kappa shape index (κ2) is 7.16. The molecule has 1 N–H and O–H groups in total. The highest BCUT2D eigenvalue weighted by molar-refractivity contribution is 5.75. The minimum atomic E-state index is -0.840. The topological polar surface area (TPSA) is 91.7 Å². The Hall–Kier alpha value is -1.97. The lowest BCUT2D eigenvalue weighted by Gasteiger charge is -2.30.